The minimum atomic E-state index is -4.69. The molecule has 0 fully saturated rings. The molecule has 1 aromatic carbocycles. The van der Waals surface area contributed by atoms with E-state index in [0.717, 1.165) is 5.56 Å². The van der Waals surface area contributed by atoms with Crippen molar-refractivity contribution in [2.75, 3.05) is 0 Å². The lowest BCUT2D eigenvalue weighted by Gasteiger charge is -2.23. The van der Waals surface area contributed by atoms with E-state index in [2.05, 4.69) is 10.1 Å². The number of hydrogen-bond acceptors (Lipinski definition) is 3. The van der Waals surface area contributed by atoms with Crippen molar-refractivity contribution in [3.8, 4) is 11.3 Å². The van der Waals surface area contributed by atoms with Crippen LogP contribution < -0.4 is 5.73 Å². The Kier molecular flexibility index (Phi) is 3.30. The zero-order valence-corrected chi connectivity index (χ0v) is 13.3. The van der Waals surface area contributed by atoms with Gasteiger partial charge in [-0.15, -0.1) is 0 Å². The summed E-state index contributed by atoms with van der Waals surface area (Å²) in [6.07, 6.45) is -4.08. The number of primary amides is 1. The van der Waals surface area contributed by atoms with E-state index in [9.17, 15) is 18.0 Å². The lowest BCUT2D eigenvalue weighted by molar-refractivity contribution is -0.143. The number of nitrogens with zero attached hydrogens (tertiary/aromatic N) is 3. The van der Waals surface area contributed by atoms with Gasteiger partial charge in [-0.1, -0.05) is 35.9 Å². The summed E-state index contributed by atoms with van der Waals surface area (Å²) in [6, 6.07) is 7.13. The number of rotatable bonds is 1. The molecule has 128 valence electrons. The maximum atomic E-state index is 13.8. The first-order chi connectivity index (χ1) is 11.8. The van der Waals surface area contributed by atoms with Gasteiger partial charge in [-0.25, -0.2) is 9.50 Å². The first-order valence-electron chi connectivity index (χ1n) is 7.35. The van der Waals surface area contributed by atoms with Crippen LogP contribution in [0.15, 0.2) is 24.3 Å². The number of aryl methyl sites for hydroxylation is 1. The van der Waals surface area contributed by atoms with Crippen molar-refractivity contribution in [2.24, 2.45) is 5.73 Å². The Labute approximate surface area is 144 Å². The predicted octanol–water partition coefficient (Wildman–Crippen LogP) is 3.27. The number of halogens is 4. The molecule has 0 spiro atoms. The quantitative estimate of drug-likeness (QED) is 0.718. The zero-order chi connectivity index (χ0) is 17.9. The van der Waals surface area contributed by atoms with Gasteiger partial charge in [-0.3, -0.25) is 4.79 Å². The molecule has 5 nitrogen and oxygen atoms in total. The number of fused-ring (bicyclic) bond motifs is 4. The standard InChI is InChI=1S/C16H10ClF3N4O/c17-10-12(14(21)25)23-24-13(16(18,19)20)9-6-5-7-3-1-2-4-8(7)11(9)22-15(10)24/h1-4H,5-6H2,(H2,21,25). The molecular formula is C16H10ClF3N4O. The van der Waals surface area contributed by atoms with Gasteiger partial charge >= 0.3 is 6.18 Å². The minimum absolute atomic E-state index is 0.0360. The van der Waals surface area contributed by atoms with Gasteiger partial charge in [0.1, 0.15) is 5.02 Å². The van der Waals surface area contributed by atoms with Gasteiger partial charge in [0.25, 0.3) is 5.91 Å². The van der Waals surface area contributed by atoms with Gasteiger partial charge in [0.2, 0.25) is 0 Å². The summed E-state index contributed by atoms with van der Waals surface area (Å²) in [5.74, 6) is -1.01. The monoisotopic (exact) mass is 366 g/mol. The van der Waals surface area contributed by atoms with Crippen LogP contribution in [0.3, 0.4) is 0 Å². The Morgan fingerprint density at radius 1 is 1.24 bits per heavy atom. The van der Waals surface area contributed by atoms with E-state index in [0.29, 0.717) is 16.5 Å². The summed E-state index contributed by atoms with van der Waals surface area (Å²) in [5, 5.41) is 3.38. The van der Waals surface area contributed by atoms with Crippen molar-refractivity contribution in [1.29, 1.82) is 0 Å². The second kappa shape index (κ2) is 5.19. The van der Waals surface area contributed by atoms with Crippen LogP contribution in [0, 0.1) is 0 Å². The maximum Gasteiger partial charge on any atom is 0.433 e. The van der Waals surface area contributed by atoms with E-state index in [-0.39, 0.29) is 28.3 Å². The zero-order valence-electron chi connectivity index (χ0n) is 12.6. The minimum Gasteiger partial charge on any atom is -0.364 e. The average molecular weight is 367 g/mol. The van der Waals surface area contributed by atoms with Gasteiger partial charge in [-0.05, 0) is 18.4 Å². The summed E-state index contributed by atoms with van der Waals surface area (Å²) in [4.78, 5) is 15.7. The van der Waals surface area contributed by atoms with Crippen LogP contribution in [0.4, 0.5) is 13.2 Å². The van der Waals surface area contributed by atoms with Gasteiger partial charge in [0.05, 0.1) is 5.69 Å². The van der Waals surface area contributed by atoms with Crippen LogP contribution in [-0.4, -0.2) is 20.5 Å². The van der Waals surface area contributed by atoms with Crippen molar-refractivity contribution in [2.45, 2.75) is 19.0 Å². The molecule has 0 aliphatic heterocycles. The summed E-state index contributed by atoms with van der Waals surface area (Å²) in [7, 11) is 0. The van der Waals surface area contributed by atoms with Crippen LogP contribution in [0.1, 0.15) is 27.3 Å². The Bertz CT molecular complexity index is 1040. The number of hydrogen-bond donors (Lipinski definition) is 1. The van der Waals surface area contributed by atoms with E-state index < -0.39 is 23.5 Å². The second-order valence-corrected chi connectivity index (χ2v) is 6.08. The van der Waals surface area contributed by atoms with Crippen LogP contribution in [-0.2, 0) is 19.0 Å². The van der Waals surface area contributed by atoms with Crippen LogP contribution in [0.25, 0.3) is 16.9 Å². The third kappa shape index (κ3) is 2.28. The number of carbonyl (C=O) groups is 1. The van der Waals surface area contributed by atoms with E-state index in [1.807, 2.05) is 12.1 Å². The largest absolute Gasteiger partial charge is 0.433 e. The predicted molar refractivity (Wildman–Crippen MR) is 84.4 cm³/mol. The fourth-order valence-corrected chi connectivity index (χ4v) is 3.45. The topological polar surface area (TPSA) is 73.3 Å². The van der Waals surface area contributed by atoms with E-state index in [1.165, 1.54) is 0 Å². The number of benzene rings is 1. The van der Waals surface area contributed by atoms with Crippen molar-refractivity contribution < 1.29 is 18.0 Å². The number of amides is 1. The molecule has 9 heteroatoms. The highest BCUT2D eigenvalue weighted by Gasteiger charge is 2.41. The molecular weight excluding hydrogens is 357 g/mol. The maximum absolute atomic E-state index is 13.8. The van der Waals surface area contributed by atoms with Crippen molar-refractivity contribution in [1.82, 2.24) is 14.6 Å². The van der Waals surface area contributed by atoms with E-state index in [4.69, 9.17) is 17.3 Å². The van der Waals surface area contributed by atoms with Crippen molar-refractivity contribution in [3.05, 3.63) is 51.8 Å². The average Bonchev–Trinajstić information content (AvgIpc) is 2.88. The SMILES string of the molecule is NC(=O)c1nn2c(C(F)(F)F)c3c(nc2c1Cl)-c1ccccc1CC3. The van der Waals surface area contributed by atoms with E-state index in [1.54, 1.807) is 12.1 Å². The molecule has 0 unspecified atom stereocenters. The van der Waals surface area contributed by atoms with Crippen LogP contribution in [0.5, 0.6) is 0 Å². The molecule has 1 aliphatic carbocycles. The molecule has 3 aromatic rings. The van der Waals surface area contributed by atoms with Crippen LogP contribution >= 0.6 is 11.6 Å². The molecule has 0 bridgehead atoms. The first kappa shape index (κ1) is 15.9. The summed E-state index contributed by atoms with van der Waals surface area (Å²) < 4.78 is 41.9. The number of alkyl halides is 3. The van der Waals surface area contributed by atoms with Crippen molar-refractivity contribution >= 4 is 23.2 Å². The van der Waals surface area contributed by atoms with Gasteiger partial charge in [0.15, 0.2) is 17.0 Å². The highest BCUT2D eigenvalue weighted by Crippen LogP contribution is 2.41. The van der Waals surface area contributed by atoms with E-state index >= 15 is 0 Å². The van der Waals surface area contributed by atoms with Gasteiger partial charge < -0.3 is 5.73 Å². The van der Waals surface area contributed by atoms with Crippen LogP contribution in [0.2, 0.25) is 5.02 Å². The molecule has 2 heterocycles. The first-order valence-corrected chi connectivity index (χ1v) is 7.73. The molecule has 1 amide bonds. The molecule has 0 radical (unpaired) electrons. The molecule has 2 aromatic heterocycles. The second-order valence-electron chi connectivity index (χ2n) is 5.70. The third-order valence-electron chi connectivity index (χ3n) is 4.22. The summed E-state index contributed by atoms with van der Waals surface area (Å²) in [6.45, 7) is 0. The Morgan fingerprint density at radius 3 is 2.64 bits per heavy atom. The number of nitrogens with two attached hydrogens (primary N) is 1. The molecule has 2 N–H and O–H groups in total. The summed E-state index contributed by atoms with van der Waals surface area (Å²) in [5.41, 5.74) is 5.28. The lowest BCUT2D eigenvalue weighted by Crippen LogP contribution is -2.21. The fraction of sp³-hybridized carbons (Fsp3) is 0.188. The normalized spacial score (nSPS) is 13.6. The van der Waals surface area contributed by atoms with Gasteiger partial charge in [0, 0.05) is 11.1 Å². The Balaban J connectivity index is 2.17. The highest BCUT2D eigenvalue weighted by atomic mass is 35.5. The lowest BCUT2D eigenvalue weighted by atomic mass is 9.88. The van der Waals surface area contributed by atoms with Gasteiger partial charge in [-0.2, -0.15) is 18.3 Å². The smallest absolute Gasteiger partial charge is 0.364 e. The molecule has 0 saturated heterocycles. The highest BCUT2D eigenvalue weighted by molar-refractivity contribution is 6.36. The Morgan fingerprint density at radius 2 is 1.96 bits per heavy atom. The number of carbonyl (C=O) groups excluding carboxylic acids is 1. The number of aromatic nitrogens is 3. The third-order valence-corrected chi connectivity index (χ3v) is 4.57. The molecule has 1 aliphatic rings. The van der Waals surface area contributed by atoms with Crippen molar-refractivity contribution in [3.63, 3.8) is 0 Å². The Hall–Kier alpha value is -2.61. The fourth-order valence-electron chi connectivity index (χ4n) is 3.19. The summed E-state index contributed by atoms with van der Waals surface area (Å²) >= 11 is 6.03. The molecule has 0 saturated carbocycles. The molecule has 25 heavy (non-hydrogen) atoms. The molecule has 4 rings (SSSR count). The molecule has 0 atom stereocenters.